The van der Waals surface area contributed by atoms with Gasteiger partial charge in [0.25, 0.3) is 0 Å². The maximum atomic E-state index is 12.3. The Labute approximate surface area is 165 Å². The van der Waals surface area contributed by atoms with Gasteiger partial charge in [-0.1, -0.05) is 12.1 Å². The summed E-state index contributed by atoms with van der Waals surface area (Å²) in [6.07, 6.45) is 0. The summed E-state index contributed by atoms with van der Waals surface area (Å²) in [6.45, 7) is 6.14. The first-order chi connectivity index (χ1) is 13.5. The monoisotopic (exact) mass is 381 g/mol. The molecule has 7 nitrogen and oxygen atoms in total. The SMILES string of the molecule is CNc1cc(C)nc(N2C[C@@H]3CN(C(C)=O)[C@@H](c4ccc(OC)cc4)[C@@H]3C2)n1. The van der Waals surface area contributed by atoms with E-state index < -0.39 is 0 Å². The fraction of sp³-hybridized carbons (Fsp3) is 0.476. The molecule has 2 saturated heterocycles. The van der Waals surface area contributed by atoms with Crippen LogP contribution in [0.25, 0.3) is 0 Å². The average Bonchev–Trinajstić information content (AvgIpc) is 3.25. The van der Waals surface area contributed by atoms with Crippen LogP contribution in [0.1, 0.15) is 24.2 Å². The summed E-state index contributed by atoms with van der Waals surface area (Å²) in [5.41, 5.74) is 2.11. The number of rotatable bonds is 4. The number of methoxy groups -OCH3 is 1. The van der Waals surface area contributed by atoms with Gasteiger partial charge >= 0.3 is 0 Å². The lowest BCUT2D eigenvalue weighted by Gasteiger charge is -2.29. The van der Waals surface area contributed by atoms with Crippen LogP contribution in [0.2, 0.25) is 0 Å². The minimum Gasteiger partial charge on any atom is -0.497 e. The van der Waals surface area contributed by atoms with E-state index in [2.05, 4.69) is 32.3 Å². The number of amides is 1. The normalized spacial score (nSPS) is 23.6. The predicted molar refractivity (Wildman–Crippen MR) is 109 cm³/mol. The summed E-state index contributed by atoms with van der Waals surface area (Å²) in [6, 6.07) is 10.1. The Morgan fingerprint density at radius 2 is 1.93 bits per heavy atom. The van der Waals surface area contributed by atoms with Crippen molar-refractivity contribution in [3.05, 3.63) is 41.6 Å². The van der Waals surface area contributed by atoms with E-state index in [0.29, 0.717) is 11.8 Å². The molecule has 7 heteroatoms. The summed E-state index contributed by atoms with van der Waals surface area (Å²) in [7, 11) is 3.54. The topological polar surface area (TPSA) is 70.6 Å². The number of likely N-dealkylation sites (tertiary alicyclic amines) is 1. The average molecular weight is 381 g/mol. The van der Waals surface area contributed by atoms with Crippen molar-refractivity contribution in [3.63, 3.8) is 0 Å². The lowest BCUT2D eigenvalue weighted by atomic mass is 9.89. The van der Waals surface area contributed by atoms with E-state index in [1.165, 1.54) is 0 Å². The summed E-state index contributed by atoms with van der Waals surface area (Å²) >= 11 is 0. The molecular formula is C21H27N5O2. The zero-order valence-corrected chi connectivity index (χ0v) is 16.8. The van der Waals surface area contributed by atoms with Gasteiger partial charge in [0, 0.05) is 57.2 Å². The molecule has 1 aromatic carbocycles. The van der Waals surface area contributed by atoms with Crippen LogP contribution >= 0.6 is 0 Å². The van der Waals surface area contributed by atoms with Gasteiger partial charge in [-0.2, -0.15) is 4.98 Å². The summed E-state index contributed by atoms with van der Waals surface area (Å²) in [5.74, 6) is 3.33. The molecule has 0 saturated carbocycles. The van der Waals surface area contributed by atoms with E-state index in [-0.39, 0.29) is 11.9 Å². The van der Waals surface area contributed by atoms with Crippen LogP contribution in [0.5, 0.6) is 5.75 Å². The Bertz CT molecular complexity index is 870. The van der Waals surface area contributed by atoms with Gasteiger partial charge in [0.15, 0.2) is 0 Å². The van der Waals surface area contributed by atoms with Crippen molar-refractivity contribution < 1.29 is 9.53 Å². The van der Waals surface area contributed by atoms with Crippen molar-refractivity contribution in [2.45, 2.75) is 19.9 Å². The van der Waals surface area contributed by atoms with E-state index in [9.17, 15) is 4.79 Å². The molecule has 0 radical (unpaired) electrons. The minimum atomic E-state index is 0.0759. The second kappa shape index (κ2) is 7.30. The first kappa shape index (κ1) is 18.5. The van der Waals surface area contributed by atoms with Crippen molar-refractivity contribution in [2.24, 2.45) is 11.8 Å². The van der Waals surface area contributed by atoms with Crippen LogP contribution in [-0.2, 0) is 4.79 Å². The Kier molecular flexibility index (Phi) is 4.83. The number of aromatic nitrogens is 2. The van der Waals surface area contributed by atoms with Crippen LogP contribution in [0.15, 0.2) is 30.3 Å². The number of carbonyl (C=O) groups excluding carboxylic acids is 1. The molecular weight excluding hydrogens is 354 g/mol. The molecule has 3 atom stereocenters. The van der Waals surface area contributed by atoms with Gasteiger partial charge in [-0.25, -0.2) is 4.98 Å². The van der Waals surface area contributed by atoms with E-state index in [1.807, 2.05) is 37.1 Å². The van der Waals surface area contributed by atoms with Crippen LogP contribution < -0.4 is 15.0 Å². The number of ether oxygens (including phenoxy) is 1. The fourth-order valence-corrected chi connectivity index (χ4v) is 4.58. The van der Waals surface area contributed by atoms with Gasteiger partial charge < -0.3 is 19.9 Å². The van der Waals surface area contributed by atoms with E-state index in [0.717, 1.165) is 48.4 Å². The zero-order valence-electron chi connectivity index (χ0n) is 16.8. The number of fused-ring (bicyclic) bond motifs is 1. The smallest absolute Gasteiger partial charge is 0.227 e. The molecule has 148 valence electrons. The van der Waals surface area contributed by atoms with Gasteiger partial charge in [-0.05, 0) is 24.6 Å². The Balaban J connectivity index is 1.62. The summed E-state index contributed by atoms with van der Waals surface area (Å²) in [4.78, 5) is 25.9. The van der Waals surface area contributed by atoms with Crippen molar-refractivity contribution in [1.82, 2.24) is 14.9 Å². The number of benzene rings is 1. The molecule has 2 fully saturated rings. The fourth-order valence-electron chi connectivity index (χ4n) is 4.58. The second-order valence-corrected chi connectivity index (χ2v) is 7.66. The molecule has 1 aromatic heterocycles. The number of anilines is 2. The molecule has 2 aliphatic rings. The summed E-state index contributed by atoms with van der Waals surface area (Å²) in [5, 5.41) is 3.11. The number of carbonyl (C=O) groups is 1. The van der Waals surface area contributed by atoms with Crippen molar-refractivity contribution in [3.8, 4) is 5.75 Å². The molecule has 28 heavy (non-hydrogen) atoms. The van der Waals surface area contributed by atoms with Gasteiger partial charge in [-0.15, -0.1) is 0 Å². The highest BCUT2D eigenvalue weighted by atomic mass is 16.5. The lowest BCUT2D eigenvalue weighted by Crippen LogP contribution is -2.34. The molecule has 4 rings (SSSR count). The number of aryl methyl sites for hydroxylation is 1. The quantitative estimate of drug-likeness (QED) is 0.877. The first-order valence-corrected chi connectivity index (χ1v) is 9.69. The molecule has 1 N–H and O–H groups in total. The molecule has 2 aromatic rings. The third kappa shape index (κ3) is 3.25. The van der Waals surface area contributed by atoms with Gasteiger partial charge in [0.1, 0.15) is 11.6 Å². The summed E-state index contributed by atoms with van der Waals surface area (Å²) < 4.78 is 5.29. The number of hydrogen-bond acceptors (Lipinski definition) is 6. The highest BCUT2D eigenvalue weighted by Crippen LogP contribution is 2.45. The van der Waals surface area contributed by atoms with Crippen LogP contribution in [0.4, 0.5) is 11.8 Å². The van der Waals surface area contributed by atoms with E-state index in [4.69, 9.17) is 4.74 Å². The zero-order chi connectivity index (χ0) is 19.8. The van der Waals surface area contributed by atoms with Gasteiger partial charge in [0.2, 0.25) is 11.9 Å². The maximum Gasteiger partial charge on any atom is 0.227 e. The molecule has 0 aliphatic carbocycles. The molecule has 2 aliphatic heterocycles. The molecule has 3 heterocycles. The predicted octanol–water partition coefficient (Wildman–Crippen LogP) is 2.49. The molecule has 0 spiro atoms. The van der Waals surface area contributed by atoms with Gasteiger partial charge in [-0.3, -0.25) is 4.79 Å². The lowest BCUT2D eigenvalue weighted by molar-refractivity contribution is -0.130. The first-order valence-electron chi connectivity index (χ1n) is 9.69. The minimum absolute atomic E-state index is 0.0759. The number of nitrogens with zero attached hydrogens (tertiary/aromatic N) is 4. The third-order valence-electron chi connectivity index (χ3n) is 5.91. The Morgan fingerprint density at radius 3 is 2.57 bits per heavy atom. The van der Waals surface area contributed by atoms with Crippen LogP contribution in [0.3, 0.4) is 0 Å². The third-order valence-corrected chi connectivity index (χ3v) is 5.91. The molecule has 0 bridgehead atoms. The highest BCUT2D eigenvalue weighted by molar-refractivity contribution is 5.74. The molecule has 0 unspecified atom stereocenters. The van der Waals surface area contributed by atoms with Crippen molar-refractivity contribution in [1.29, 1.82) is 0 Å². The maximum absolute atomic E-state index is 12.3. The van der Waals surface area contributed by atoms with E-state index >= 15 is 0 Å². The van der Waals surface area contributed by atoms with Crippen LogP contribution in [-0.4, -0.2) is 54.6 Å². The highest BCUT2D eigenvalue weighted by Gasteiger charge is 2.49. The van der Waals surface area contributed by atoms with Crippen molar-refractivity contribution >= 4 is 17.7 Å². The Morgan fingerprint density at radius 1 is 1.18 bits per heavy atom. The van der Waals surface area contributed by atoms with Crippen LogP contribution in [0, 0.1) is 18.8 Å². The Hall–Kier alpha value is -2.83. The van der Waals surface area contributed by atoms with Crippen molar-refractivity contribution in [2.75, 3.05) is 44.0 Å². The second-order valence-electron chi connectivity index (χ2n) is 7.66. The standard InChI is InChI=1S/C21H27N5O2/c1-13-9-19(22-3)24-21(23-13)25-10-16-11-26(14(2)27)20(18(16)12-25)15-5-7-17(28-4)8-6-15/h5-9,16,18,20H,10-12H2,1-4H3,(H,22,23,24)/t16-,18-,20+/m1/s1. The largest absolute Gasteiger partial charge is 0.497 e. The van der Waals surface area contributed by atoms with Gasteiger partial charge in [0.05, 0.1) is 13.2 Å². The molecule has 1 amide bonds. The number of hydrogen-bond donors (Lipinski definition) is 1. The van der Waals surface area contributed by atoms with E-state index in [1.54, 1.807) is 14.0 Å². The number of nitrogens with one attached hydrogen (secondary N) is 1.